The lowest BCUT2D eigenvalue weighted by atomic mass is 9.91. The number of thiol groups is 1. The molecule has 0 saturated carbocycles. The van der Waals surface area contributed by atoms with Gasteiger partial charge in [0.1, 0.15) is 12.4 Å². The number of carbonyl (C=O) groups excluding carboxylic acids is 2. The molecule has 0 saturated heterocycles. The van der Waals surface area contributed by atoms with Crippen molar-refractivity contribution in [2.45, 2.75) is 30.7 Å². The van der Waals surface area contributed by atoms with Gasteiger partial charge in [-0.15, -0.1) is 6.58 Å². The number of aromatic nitrogens is 1. The highest BCUT2D eigenvalue weighted by Gasteiger charge is 2.38. The highest BCUT2D eigenvalue weighted by Crippen LogP contribution is 2.28. The largest absolute Gasteiger partial charge is 0.448 e. The highest BCUT2D eigenvalue weighted by molar-refractivity contribution is 7.81. The Kier molecular flexibility index (Phi) is 8.87. The monoisotopic (exact) mass is 514 g/mol. The number of hydrogen-bond donors (Lipinski definition) is 3. The first-order chi connectivity index (χ1) is 17.2. The molecule has 1 heterocycles. The average Bonchev–Trinajstić information content (AvgIpc) is 2.87. The highest BCUT2D eigenvalue weighted by atomic mass is 32.1. The molecule has 0 spiro atoms. The summed E-state index contributed by atoms with van der Waals surface area (Å²) < 4.78 is 32.7. The summed E-state index contributed by atoms with van der Waals surface area (Å²) in [5.74, 6) is -1.66. The summed E-state index contributed by atoms with van der Waals surface area (Å²) in [5.41, 5.74) is -0.899. The summed E-state index contributed by atoms with van der Waals surface area (Å²) in [5, 5.41) is 6.42. The van der Waals surface area contributed by atoms with Crippen LogP contribution in [0.2, 0.25) is 0 Å². The molecule has 1 aromatic heterocycles. The van der Waals surface area contributed by atoms with E-state index in [4.69, 9.17) is 4.74 Å². The zero-order valence-electron chi connectivity index (χ0n) is 20.0. The molecule has 3 aromatic rings. The van der Waals surface area contributed by atoms with Crippen LogP contribution in [0.25, 0.3) is 10.8 Å². The van der Waals surface area contributed by atoms with Crippen LogP contribution in [0.15, 0.2) is 67.4 Å². The molecule has 0 aliphatic rings. The number of fused-ring (bicyclic) bond motifs is 1. The van der Waals surface area contributed by atoms with E-state index in [0.717, 1.165) is 16.8 Å². The maximum atomic E-state index is 13.9. The van der Waals surface area contributed by atoms with Gasteiger partial charge in [0.2, 0.25) is 0 Å². The van der Waals surface area contributed by atoms with Crippen LogP contribution in [0.5, 0.6) is 0 Å². The van der Waals surface area contributed by atoms with Gasteiger partial charge >= 0.3 is 12.1 Å². The Morgan fingerprint density at radius 3 is 2.67 bits per heavy atom. The van der Waals surface area contributed by atoms with Gasteiger partial charge < -0.3 is 15.0 Å². The molecular weight excluding hydrogens is 486 g/mol. The molecule has 0 aliphatic carbocycles. The van der Waals surface area contributed by atoms with Crippen molar-refractivity contribution in [1.82, 2.24) is 15.2 Å². The van der Waals surface area contributed by atoms with Gasteiger partial charge in [0, 0.05) is 30.7 Å². The van der Waals surface area contributed by atoms with Crippen LogP contribution in [0.3, 0.4) is 0 Å². The molecule has 1 unspecified atom stereocenters. The van der Waals surface area contributed by atoms with E-state index >= 15 is 0 Å². The standard InChI is InChI=1S/C26H28F2N4O3S/c1-4-12-26(2,32(3)24(33)30-15-19-10-7-11-20(27)23(19)28)21(36)16-35-25(34)31-22-13-17-8-5-6-9-18(17)14-29-22/h4-11,13-14,21,36H,1,12,15-16H2,2-3H3,(H,30,33)(H,29,31,34)/t21?,26-/m1/s1. The van der Waals surface area contributed by atoms with Crippen LogP contribution < -0.4 is 10.6 Å². The van der Waals surface area contributed by atoms with Crippen molar-refractivity contribution in [1.29, 1.82) is 0 Å². The smallest absolute Gasteiger partial charge is 0.412 e. The average molecular weight is 515 g/mol. The van der Waals surface area contributed by atoms with Crippen molar-refractivity contribution in [3.8, 4) is 0 Å². The van der Waals surface area contributed by atoms with Gasteiger partial charge in [0.25, 0.3) is 0 Å². The number of rotatable bonds is 9. The van der Waals surface area contributed by atoms with Crippen molar-refractivity contribution in [2.24, 2.45) is 0 Å². The Morgan fingerprint density at radius 2 is 1.94 bits per heavy atom. The number of nitrogens with zero attached hydrogens (tertiary/aromatic N) is 2. The minimum atomic E-state index is -1.01. The van der Waals surface area contributed by atoms with Crippen LogP contribution >= 0.6 is 12.6 Å². The SMILES string of the molecule is C=CC[C@](C)(C(S)COC(=O)Nc1cc2ccccc2cn1)N(C)C(=O)NCc1cccc(F)c1F. The number of benzene rings is 2. The van der Waals surface area contributed by atoms with E-state index in [9.17, 15) is 18.4 Å². The van der Waals surface area contributed by atoms with E-state index in [-0.39, 0.29) is 18.7 Å². The van der Waals surface area contributed by atoms with E-state index < -0.39 is 34.5 Å². The normalized spacial score (nSPS) is 13.4. The summed E-state index contributed by atoms with van der Waals surface area (Å²) >= 11 is 4.60. The zero-order valence-corrected chi connectivity index (χ0v) is 20.9. The minimum Gasteiger partial charge on any atom is -0.448 e. The maximum Gasteiger partial charge on any atom is 0.412 e. The number of nitrogens with one attached hydrogen (secondary N) is 2. The molecule has 36 heavy (non-hydrogen) atoms. The fourth-order valence-electron chi connectivity index (χ4n) is 3.62. The van der Waals surface area contributed by atoms with Gasteiger partial charge in [-0.25, -0.2) is 23.4 Å². The topological polar surface area (TPSA) is 83.6 Å². The molecule has 2 atom stereocenters. The number of ether oxygens (including phenoxy) is 1. The molecule has 7 nitrogen and oxygen atoms in total. The van der Waals surface area contributed by atoms with Gasteiger partial charge in [-0.1, -0.05) is 42.5 Å². The van der Waals surface area contributed by atoms with Gasteiger partial charge in [-0.2, -0.15) is 12.6 Å². The molecule has 10 heteroatoms. The van der Waals surface area contributed by atoms with E-state index in [1.54, 1.807) is 32.3 Å². The number of hydrogen-bond acceptors (Lipinski definition) is 5. The molecule has 0 bridgehead atoms. The third kappa shape index (κ3) is 6.31. The van der Waals surface area contributed by atoms with Crippen molar-refractivity contribution >= 4 is 41.3 Å². The van der Waals surface area contributed by atoms with Gasteiger partial charge in [-0.3, -0.25) is 5.32 Å². The second-order valence-electron chi connectivity index (χ2n) is 8.44. The Bertz CT molecular complexity index is 1260. The summed E-state index contributed by atoms with van der Waals surface area (Å²) in [6, 6.07) is 12.6. The third-order valence-electron chi connectivity index (χ3n) is 6.04. The summed E-state index contributed by atoms with van der Waals surface area (Å²) in [7, 11) is 1.54. The molecular formula is C26H28F2N4O3S. The Hall–Kier alpha value is -3.66. The van der Waals surface area contributed by atoms with Gasteiger partial charge in [0.15, 0.2) is 11.6 Å². The summed E-state index contributed by atoms with van der Waals surface area (Å²) in [6.45, 7) is 5.19. The van der Waals surface area contributed by atoms with E-state index in [0.29, 0.717) is 12.2 Å². The fourth-order valence-corrected chi connectivity index (χ4v) is 3.97. The number of anilines is 1. The Morgan fingerprint density at radius 1 is 1.22 bits per heavy atom. The molecule has 0 fully saturated rings. The summed E-state index contributed by atoms with van der Waals surface area (Å²) in [4.78, 5) is 30.8. The van der Waals surface area contributed by atoms with E-state index in [1.807, 2.05) is 24.3 Å². The lowest BCUT2D eigenvalue weighted by Crippen LogP contribution is -2.57. The second kappa shape index (κ2) is 11.9. The Labute approximate surface area is 213 Å². The molecule has 3 rings (SSSR count). The fraction of sp³-hybridized carbons (Fsp3) is 0.269. The molecule has 0 radical (unpaired) electrons. The predicted octanol–water partition coefficient (Wildman–Crippen LogP) is 5.54. The number of urea groups is 1. The maximum absolute atomic E-state index is 13.9. The van der Waals surface area contributed by atoms with Crippen molar-refractivity contribution in [3.63, 3.8) is 0 Å². The first-order valence-electron chi connectivity index (χ1n) is 11.2. The van der Waals surface area contributed by atoms with Crippen LogP contribution in [-0.2, 0) is 11.3 Å². The molecule has 3 amide bonds. The molecule has 0 aliphatic heterocycles. The van der Waals surface area contributed by atoms with Crippen molar-refractivity contribution in [3.05, 3.63) is 84.6 Å². The number of pyridine rings is 1. The molecule has 190 valence electrons. The van der Waals surface area contributed by atoms with Crippen LogP contribution in [0, 0.1) is 11.6 Å². The quantitative estimate of drug-likeness (QED) is 0.259. The van der Waals surface area contributed by atoms with E-state index in [1.165, 1.54) is 17.0 Å². The van der Waals surface area contributed by atoms with Crippen LogP contribution in [-0.4, -0.2) is 46.5 Å². The number of amides is 3. The Balaban J connectivity index is 1.60. The van der Waals surface area contributed by atoms with Crippen LogP contribution in [0.4, 0.5) is 24.2 Å². The predicted molar refractivity (Wildman–Crippen MR) is 139 cm³/mol. The number of halogens is 2. The molecule has 2 N–H and O–H groups in total. The number of carbonyl (C=O) groups is 2. The third-order valence-corrected chi connectivity index (χ3v) is 6.75. The molecule has 2 aromatic carbocycles. The first-order valence-corrected chi connectivity index (χ1v) is 11.7. The van der Waals surface area contributed by atoms with Gasteiger partial charge in [0.05, 0.1) is 10.8 Å². The summed E-state index contributed by atoms with van der Waals surface area (Å²) in [6.07, 6.45) is 2.89. The van der Waals surface area contributed by atoms with Gasteiger partial charge in [-0.05, 0) is 30.9 Å². The zero-order chi connectivity index (χ0) is 26.3. The van der Waals surface area contributed by atoms with E-state index in [2.05, 4.69) is 34.8 Å². The minimum absolute atomic E-state index is 0.0203. The second-order valence-corrected chi connectivity index (χ2v) is 9.06. The van der Waals surface area contributed by atoms with Crippen LogP contribution in [0.1, 0.15) is 18.9 Å². The lowest BCUT2D eigenvalue weighted by Gasteiger charge is -2.42. The van der Waals surface area contributed by atoms with Crippen molar-refractivity contribution in [2.75, 3.05) is 19.0 Å². The van der Waals surface area contributed by atoms with Crippen molar-refractivity contribution < 1.29 is 23.1 Å². The lowest BCUT2D eigenvalue weighted by molar-refractivity contribution is 0.111. The first kappa shape index (κ1) is 26.9.